The quantitative estimate of drug-likeness (QED) is 0.703. The van der Waals surface area contributed by atoms with E-state index in [1.165, 1.54) is 16.3 Å². The zero-order chi connectivity index (χ0) is 13.2. The van der Waals surface area contributed by atoms with Crippen molar-refractivity contribution in [1.82, 2.24) is 0 Å². The summed E-state index contributed by atoms with van der Waals surface area (Å²) in [5.74, 6) is 0. The van der Waals surface area contributed by atoms with E-state index in [0.717, 1.165) is 17.3 Å². The van der Waals surface area contributed by atoms with Gasteiger partial charge in [0.1, 0.15) is 0 Å². The standard InChI is InChI=1S/C16H16BrSi/c1-3-11-16(18,12(2)17)15-10-6-8-13-7-4-5-9-14(13)15/h4-10H,2-3,11H2,1H3. The zero-order valence-electron chi connectivity index (χ0n) is 10.5. The zero-order valence-corrected chi connectivity index (χ0v) is 13.1. The van der Waals surface area contributed by atoms with Gasteiger partial charge in [-0.25, -0.2) is 0 Å². The van der Waals surface area contributed by atoms with Gasteiger partial charge in [-0.1, -0.05) is 78.3 Å². The molecule has 0 nitrogen and oxygen atoms in total. The van der Waals surface area contributed by atoms with Crippen LogP contribution in [-0.4, -0.2) is 10.2 Å². The average Bonchev–Trinajstić information content (AvgIpc) is 2.38. The molecule has 0 spiro atoms. The first-order valence-electron chi connectivity index (χ1n) is 6.17. The van der Waals surface area contributed by atoms with Gasteiger partial charge < -0.3 is 0 Å². The van der Waals surface area contributed by atoms with Gasteiger partial charge in [0, 0.05) is 15.3 Å². The Hall–Kier alpha value is -0.863. The van der Waals surface area contributed by atoms with Gasteiger partial charge in [-0.3, -0.25) is 0 Å². The Balaban J connectivity index is 2.68. The molecule has 18 heavy (non-hydrogen) atoms. The molecule has 91 valence electrons. The van der Waals surface area contributed by atoms with Gasteiger partial charge in [-0.15, -0.1) is 0 Å². The number of benzene rings is 2. The summed E-state index contributed by atoms with van der Waals surface area (Å²) in [4.78, 5) is 0. The van der Waals surface area contributed by atoms with E-state index in [2.05, 4.69) is 82.1 Å². The van der Waals surface area contributed by atoms with Crippen LogP contribution in [0.1, 0.15) is 25.3 Å². The minimum Gasteiger partial charge on any atom is -0.0883 e. The van der Waals surface area contributed by atoms with Gasteiger partial charge in [0.25, 0.3) is 0 Å². The predicted octanol–water partition coefficient (Wildman–Crippen LogP) is 4.91. The van der Waals surface area contributed by atoms with Crippen LogP contribution >= 0.6 is 15.9 Å². The van der Waals surface area contributed by atoms with Gasteiger partial charge >= 0.3 is 0 Å². The number of hydrogen-bond acceptors (Lipinski definition) is 0. The Labute approximate surface area is 121 Å². The second kappa shape index (κ2) is 5.41. The maximum atomic E-state index is 4.10. The summed E-state index contributed by atoms with van der Waals surface area (Å²) in [6, 6.07) is 14.9. The smallest absolute Gasteiger partial charge is 0.0451 e. The third-order valence-electron chi connectivity index (χ3n) is 3.34. The minimum absolute atomic E-state index is 0.199. The second-order valence-electron chi connectivity index (χ2n) is 4.59. The summed E-state index contributed by atoms with van der Waals surface area (Å²) in [6.07, 6.45) is 2.11. The summed E-state index contributed by atoms with van der Waals surface area (Å²) in [5, 5.41) is 2.35. The van der Waals surface area contributed by atoms with Gasteiger partial charge in [0.2, 0.25) is 0 Å². The van der Waals surface area contributed by atoms with E-state index < -0.39 is 0 Å². The van der Waals surface area contributed by atoms with Crippen LogP contribution in [0.25, 0.3) is 10.8 Å². The van der Waals surface area contributed by atoms with Crippen LogP contribution in [-0.2, 0) is 5.04 Å². The largest absolute Gasteiger partial charge is 0.0883 e. The Kier molecular flexibility index (Phi) is 4.08. The molecule has 3 radical (unpaired) electrons. The molecular formula is C16H16BrSi. The van der Waals surface area contributed by atoms with Crippen LogP contribution in [0.4, 0.5) is 0 Å². The van der Waals surface area contributed by atoms with Crippen molar-refractivity contribution >= 4 is 36.9 Å². The third-order valence-corrected chi connectivity index (χ3v) is 5.20. The molecule has 2 rings (SSSR count). The first kappa shape index (κ1) is 13.6. The first-order chi connectivity index (χ1) is 8.59. The van der Waals surface area contributed by atoms with Crippen LogP contribution in [0.15, 0.2) is 53.5 Å². The van der Waals surface area contributed by atoms with Crippen molar-refractivity contribution in [3.05, 3.63) is 59.1 Å². The molecule has 2 aromatic rings. The van der Waals surface area contributed by atoms with Crippen LogP contribution in [0, 0.1) is 0 Å². The summed E-state index contributed by atoms with van der Waals surface area (Å²) in [7, 11) is 3.95. The van der Waals surface area contributed by atoms with Crippen molar-refractivity contribution in [2.45, 2.75) is 24.8 Å². The fourth-order valence-corrected chi connectivity index (χ4v) is 3.27. The summed E-state index contributed by atoms with van der Waals surface area (Å²) in [6.45, 7) is 6.29. The summed E-state index contributed by atoms with van der Waals surface area (Å²) in [5.41, 5.74) is 1.28. The molecule has 0 heterocycles. The Morgan fingerprint density at radius 3 is 2.56 bits per heavy atom. The molecule has 0 aliphatic rings. The van der Waals surface area contributed by atoms with E-state index in [1.54, 1.807) is 0 Å². The van der Waals surface area contributed by atoms with Crippen molar-refractivity contribution < 1.29 is 0 Å². The molecule has 2 aromatic carbocycles. The molecule has 0 bridgehead atoms. The predicted molar refractivity (Wildman–Crippen MR) is 84.4 cm³/mol. The minimum atomic E-state index is -0.199. The van der Waals surface area contributed by atoms with Gasteiger partial charge in [-0.05, 0) is 27.2 Å². The highest BCUT2D eigenvalue weighted by Crippen LogP contribution is 2.39. The fraction of sp³-hybridized carbons (Fsp3) is 0.250. The van der Waals surface area contributed by atoms with Crippen LogP contribution < -0.4 is 0 Å². The maximum Gasteiger partial charge on any atom is 0.0451 e. The Morgan fingerprint density at radius 2 is 1.89 bits per heavy atom. The molecule has 0 aromatic heterocycles. The molecule has 0 aliphatic carbocycles. The number of hydrogen-bond donors (Lipinski definition) is 0. The lowest BCUT2D eigenvalue weighted by Gasteiger charge is -2.30. The molecule has 0 saturated carbocycles. The molecule has 1 atom stereocenters. The van der Waals surface area contributed by atoms with Crippen molar-refractivity contribution in [1.29, 1.82) is 0 Å². The van der Waals surface area contributed by atoms with Crippen LogP contribution in [0.5, 0.6) is 0 Å². The molecular weight excluding hydrogens is 300 g/mol. The molecule has 0 saturated heterocycles. The lowest BCUT2D eigenvalue weighted by atomic mass is 9.89. The molecule has 0 fully saturated rings. The molecule has 0 N–H and O–H groups in total. The van der Waals surface area contributed by atoms with Crippen molar-refractivity contribution in [3.63, 3.8) is 0 Å². The highest BCUT2D eigenvalue weighted by molar-refractivity contribution is 9.11. The van der Waals surface area contributed by atoms with Crippen molar-refractivity contribution in [3.8, 4) is 0 Å². The van der Waals surface area contributed by atoms with E-state index in [1.807, 2.05) is 0 Å². The number of fused-ring (bicyclic) bond motifs is 1. The lowest BCUT2D eigenvalue weighted by molar-refractivity contribution is 0.652. The van der Waals surface area contributed by atoms with Crippen LogP contribution in [0.3, 0.4) is 0 Å². The topological polar surface area (TPSA) is 0 Å². The lowest BCUT2D eigenvalue weighted by Crippen LogP contribution is -2.26. The molecule has 0 aliphatic heterocycles. The normalized spacial score (nSPS) is 14.4. The van der Waals surface area contributed by atoms with Gasteiger partial charge in [-0.2, -0.15) is 0 Å². The number of rotatable bonds is 4. The van der Waals surface area contributed by atoms with Gasteiger partial charge in [0.15, 0.2) is 0 Å². The van der Waals surface area contributed by atoms with Crippen molar-refractivity contribution in [2.24, 2.45) is 0 Å². The van der Waals surface area contributed by atoms with Crippen LogP contribution in [0.2, 0.25) is 0 Å². The monoisotopic (exact) mass is 315 g/mol. The number of allylic oxidation sites excluding steroid dienone is 1. The third kappa shape index (κ3) is 2.32. The number of halogens is 1. The summed E-state index contributed by atoms with van der Waals surface area (Å²) < 4.78 is 0.977. The first-order valence-corrected chi connectivity index (χ1v) is 7.47. The van der Waals surface area contributed by atoms with E-state index >= 15 is 0 Å². The second-order valence-corrected chi connectivity index (χ2v) is 6.40. The fourth-order valence-electron chi connectivity index (χ4n) is 2.39. The average molecular weight is 316 g/mol. The Bertz CT molecular complexity index is 571. The maximum absolute atomic E-state index is 4.10. The van der Waals surface area contributed by atoms with Gasteiger partial charge in [0.05, 0.1) is 0 Å². The Morgan fingerprint density at radius 1 is 1.22 bits per heavy atom. The van der Waals surface area contributed by atoms with E-state index in [-0.39, 0.29) is 5.04 Å². The highest BCUT2D eigenvalue weighted by Gasteiger charge is 2.29. The SMILES string of the molecule is C=C(Br)C([Si])(CCC)c1cccc2ccccc12. The summed E-state index contributed by atoms with van der Waals surface area (Å²) >= 11 is 3.58. The van der Waals surface area contributed by atoms with E-state index in [0.29, 0.717) is 0 Å². The molecule has 0 amide bonds. The van der Waals surface area contributed by atoms with E-state index in [4.69, 9.17) is 0 Å². The molecule has 2 heteroatoms. The molecule has 1 unspecified atom stereocenters. The highest BCUT2D eigenvalue weighted by atomic mass is 79.9. The van der Waals surface area contributed by atoms with E-state index in [9.17, 15) is 0 Å². The van der Waals surface area contributed by atoms with Crippen molar-refractivity contribution in [2.75, 3.05) is 0 Å².